The fourth-order valence-corrected chi connectivity index (χ4v) is 1.68. The van der Waals surface area contributed by atoms with E-state index in [1.807, 2.05) is 22.6 Å². The molecule has 0 N–H and O–H groups in total. The van der Waals surface area contributed by atoms with Gasteiger partial charge in [0.05, 0.1) is 5.52 Å². The van der Waals surface area contributed by atoms with Crippen molar-refractivity contribution in [1.82, 2.24) is 9.97 Å². The summed E-state index contributed by atoms with van der Waals surface area (Å²) in [5.41, 5.74) is 0.526. The molecule has 0 aliphatic rings. The maximum atomic E-state index is 13.1. The molecule has 0 amide bonds. The molecule has 1 heterocycles. The molecular formula is C8H4Cl4FIN2OS. The summed E-state index contributed by atoms with van der Waals surface area (Å²) in [5.74, 6) is -0.289. The highest BCUT2D eigenvalue weighted by Crippen LogP contribution is 2.23. The summed E-state index contributed by atoms with van der Waals surface area (Å²) in [4.78, 5) is 7.71. The van der Waals surface area contributed by atoms with Gasteiger partial charge in [0.1, 0.15) is 17.3 Å². The summed E-state index contributed by atoms with van der Waals surface area (Å²) < 4.78 is 22.7. The van der Waals surface area contributed by atoms with E-state index in [2.05, 4.69) is 31.3 Å². The molecule has 3 nitrogen and oxygen atoms in total. The number of fused-ring (bicyclic) bond motifs is 1. The fourth-order valence-electron chi connectivity index (χ4n) is 1.02. The molecule has 2 aromatic rings. The van der Waals surface area contributed by atoms with Gasteiger partial charge in [-0.3, -0.25) is 0 Å². The van der Waals surface area contributed by atoms with Crippen LogP contribution in [0.1, 0.15) is 0 Å². The van der Waals surface area contributed by atoms with E-state index in [1.165, 1.54) is 12.4 Å². The zero-order valence-corrected chi connectivity index (χ0v) is 14.3. The van der Waals surface area contributed by atoms with Crippen LogP contribution in [0.15, 0.2) is 18.5 Å². The van der Waals surface area contributed by atoms with Crippen LogP contribution in [0.4, 0.5) is 4.39 Å². The zero-order chi connectivity index (χ0) is 13.0. The van der Waals surface area contributed by atoms with Crippen molar-refractivity contribution in [2.24, 2.45) is 0 Å². The number of aromatic nitrogens is 2. The Bertz CT molecular complexity index is 570. The maximum absolute atomic E-state index is 13.1. The van der Waals surface area contributed by atoms with Gasteiger partial charge in [0.25, 0.3) is 0 Å². The van der Waals surface area contributed by atoms with Crippen LogP contribution in [0.25, 0.3) is 10.9 Å². The first-order valence-electron chi connectivity index (χ1n) is 3.91. The number of hydrogen-bond acceptors (Lipinski definition) is 3. The Morgan fingerprint density at radius 1 is 1.28 bits per heavy atom. The van der Waals surface area contributed by atoms with Gasteiger partial charge in [0.2, 0.25) is 9.23 Å². The Morgan fingerprint density at radius 2 is 1.83 bits per heavy atom. The molecule has 10 heteroatoms. The molecule has 0 saturated carbocycles. The third-order valence-corrected chi connectivity index (χ3v) is 2.76. The van der Waals surface area contributed by atoms with Crippen molar-refractivity contribution in [3.8, 4) is 0 Å². The van der Waals surface area contributed by atoms with E-state index in [-0.39, 0.29) is 18.2 Å². The second kappa shape index (κ2) is 8.65. The van der Waals surface area contributed by atoms with Crippen molar-refractivity contribution in [2.45, 2.75) is 0 Å². The molecule has 0 bridgehead atoms. The van der Waals surface area contributed by atoms with E-state index >= 15 is 0 Å². The Hall–Kier alpha value is 0.530. The van der Waals surface area contributed by atoms with Gasteiger partial charge in [-0.05, 0) is 28.7 Å². The van der Waals surface area contributed by atoms with Crippen molar-refractivity contribution in [1.29, 1.82) is 0 Å². The first-order chi connectivity index (χ1) is 7.91. The minimum Gasteiger partial charge on any atom is -0.236 e. The third kappa shape index (κ3) is 5.66. The van der Waals surface area contributed by atoms with Crippen molar-refractivity contribution in [3.63, 3.8) is 0 Å². The smallest absolute Gasteiger partial charge is 0.211 e. The van der Waals surface area contributed by atoms with Crippen LogP contribution < -0.4 is 0 Å². The SMILES string of the molecule is Cl.Fc1cc2ncnc(Cl)c2cc1I.O=S(Cl)Cl. The van der Waals surface area contributed by atoms with E-state index in [0.717, 1.165) is 0 Å². The van der Waals surface area contributed by atoms with Crippen LogP contribution in [-0.4, -0.2) is 14.2 Å². The standard InChI is InChI=1S/C8H3ClFIN2.Cl2OS.ClH/c9-8-4-1-6(11)5(10)2-7(4)12-3-13-8;1-4(2)3;/h1-3H;;1H. The Morgan fingerprint density at radius 3 is 2.39 bits per heavy atom. The first kappa shape index (κ1) is 18.5. The number of rotatable bonds is 0. The van der Waals surface area contributed by atoms with Crippen LogP contribution in [0.3, 0.4) is 0 Å². The van der Waals surface area contributed by atoms with E-state index in [9.17, 15) is 4.39 Å². The van der Waals surface area contributed by atoms with E-state index in [0.29, 0.717) is 19.6 Å². The Labute approximate surface area is 138 Å². The van der Waals surface area contributed by atoms with Gasteiger partial charge < -0.3 is 0 Å². The second-order valence-electron chi connectivity index (χ2n) is 2.63. The van der Waals surface area contributed by atoms with Gasteiger partial charge >= 0.3 is 0 Å². The van der Waals surface area contributed by atoms with Crippen molar-refractivity contribution in [3.05, 3.63) is 33.0 Å². The van der Waals surface area contributed by atoms with Crippen LogP contribution in [0, 0.1) is 9.39 Å². The monoisotopic (exact) mass is 462 g/mol. The van der Waals surface area contributed by atoms with Crippen molar-refractivity contribution < 1.29 is 8.60 Å². The minimum atomic E-state index is -1.67. The van der Waals surface area contributed by atoms with Crippen LogP contribution in [0.2, 0.25) is 5.15 Å². The summed E-state index contributed by atoms with van der Waals surface area (Å²) in [6.45, 7) is 0. The molecule has 0 unspecified atom stereocenters. The number of hydrogen-bond donors (Lipinski definition) is 0. The summed E-state index contributed by atoms with van der Waals surface area (Å²) in [6, 6.07) is 2.98. The molecule has 0 atom stereocenters. The van der Waals surface area contributed by atoms with E-state index in [4.69, 9.17) is 15.8 Å². The van der Waals surface area contributed by atoms with Gasteiger partial charge in [-0.1, -0.05) is 11.6 Å². The normalized spacial score (nSPS) is 9.67. The summed E-state index contributed by atoms with van der Waals surface area (Å²) in [7, 11) is 7.36. The summed E-state index contributed by atoms with van der Waals surface area (Å²) in [5, 5.41) is 1.03. The predicted molar refractivity (Wildman–Crippen MR) is 84.3 cm³/mol. The number of nitrogens with zero attached hydrogens (tertiary/aromatic N) is 2. The molecule has 100 valence electrons. The van der Waals surface area contributed by atoms with Gasteiger partial charge in [-0.15, -0.1) is 12.4 Å². The van der Waals surface area contributed by atoms with Crippen LogP contribution in [0.5, 0.6) is 0 Å². The average molecular weight is 464 g/mol. The van der Waals surface area contributed by atoms with Gasteiger partial charge in [0, 0.05) is 36.4 Å². The molecule has 18 heavy (non-hydrogen) atoms. The van der Waals surface area contributed by atoms with Gasteiger partial charge in [-0.2, -0.15) is 0 Å². The lowest BCUT2D eigenvalue weighted by Gasteiger charge is -1.99. The third-order valence-electron chi connectivity index (χ3n) is 1.63. The van der Waals surface area contributed by atoms with E-state index < -0.39 is 9.23 Å². The molecule has 0 radical (unpaired) electrons. The highest BCUT2D eigenvalue weighted by atomic mass is 127. The first-order valence-corrected chi connectivity index (χ1v) is 8.17. The average Bonchev–Trinajstić information content (AvgIpc) is 2.20. The molecular weight excluding hydrogens is 460 g/mol. The lowest BCUT2D eigenvalue weighted by atomic mass is 10.2. The van der Waals surface area contributed by atoms with Crippen LogP contribution in [-0.2, 0) is 9.23 Å². The summed E-state index contributed by atoms with van der Waals surface area (Å²) in [6.07, 6.45) is 1.32. The zero-order valence-electron chi connectivity index (χ0n) is 8.24. The predicted octanol–water partition coefficient (Wildman–Crippen LogP) is 4.49. The molecule has 0 aliphatic carbocycles. The number of benzene rings is 1. The Balaban J connectivity index is 0.000000512. The summed E-state index contributed by atoms with van der Waals surface area (Å²) >= 11 is 7.70. The molecule has 1 aromatic carbocycles. The lowest BCUT2D eigenvalue weighted by Crippen LogP contribution is -1.88. The molecule has 0 saturated heterocycles. The van der Waals surface area contributed by atoms with Crippen LogP contribution >= 0.6 is 68.0 Å². The fraction of sp³-hybridized carbons (Fsp3) is 0. The largest absolute Gasteiger partial charge is 0.236 e. The Kier molecular flexibility index (Phi) is 8.91. The topological polar surface area (TPSA) is 42.9 Å². The van der Waals surface area contributed by atoms with Gasteiger partial charge in [-0.25, -0.2) is 18.6 Å². The maximum Gasteiger partial charge on any atom is 0.211 e. The highest BCUT2D eigenvalue weighted by Gasteiger charge is 2.05. The lowest BCUT2D eigenvalue weighted by molar-refractivity contribution is 0.622. The highest BCUT2D eigenvalue weighted by molar-refractivity contribution is 14.1. The quantitative estimate of drug-likeness (QED) is 0.328. The van der Waals surface area contributed by atoms with Crippen molar-refractivity contribution >= 4 is 88.1 Å². The van der Waals surface area contributed by atoms with Gasteiger partial charge in [0.15, 0.2) is 0 Å². The molecule has 2 rings (SSSR count). The molecule has 1 aromatic heterocycles. The molecule has 0 spiro atoms. The van der Waals surface area contributed by atoms with E-state index in [1.54, 1.807) is 6.07 Å². The molecule has 0 fully saturated rings. The molecule has 0 aliphatic heterocycles. The second-order valence-corrected chi connectivity index (χ2v) is 6.68. The minimum absolute atomic E-state index is 0. The number of halogens is 6. The van der Waals surface area contributed by atoms with Crippen molar-refractivity contribution in [2.75, 3.05) is 0 Å².